The molecule has 5 nitrogen and oxygen atoms in total. The summed E-state index contributed by atoms with van der Waals surface area (Å²) < 4.78 is 21.8. The molecule has 0 aromatic rings. The summed E-state index contributed by atoms with van der Waals surface area (Å²) in [6.07, 6.45) is 3.78. The Morgan fingerprint density at radius 3 is 2.47 bits per heavy atom. The molecule has 0 aliphatic heterocycles. The monoisotopic (exact) mass is 235 g/mol. The van der Waals surface area contributed by atoms with Gasteiger partial charge in [-0.2, -0.15) is 0 Å². The average molecular weight is 235 g/mol. The predicted octanol–water partition coefficient (Wildman–Crippen LogP) is -0.0299. The Morgan fingerprint density at radius 1 is 1.47 bits per heavy atom. The van der Waals surface area contributed by atoms with E-state index in [9.17, 15) is 13.2 Å². The van der Waals surface area contributed by atoms with E-state index < -0.39 is 15.8 Å². The standard InChI is InChI=1S/C9H17NO4S/c1-15(13,14)6-2-5-10(7-9(11)12)8-3-4-8/h8H,2-7H2,1H3,(H,11,12). The Bertz CT molecular complexity index is 321. The molecule has 1 saturated carbocycles. The first-order valence-corrected chi connectivity index (χ1v) is 7.08. The summed E-state index contributed by atoms with van der Waals surface area (Å²) in [5, 5.41) is 8.66. The summed E-state index contributed by atoms with van der Waals surface area (Å²) in [6, 6.07) is 0.362. The van der Waals surface area contributed by atoms with Gasteiger partial charge >= 0.3 is 5.97 Å². The fourth-order valence-corrected chi connectivity index (χ4v) is 2.19. The van der Waals surface area contributed by atoms with Gasteiger partial charge < -0.3 is 5.11 Å². The van der Waals surface area contributed by atoms with E-state index in [2.05, 4.69) is 0 Å². The third-order valence-electron chi connectivity index (χ3n) is 2.36. The molecule has 0 radical (unpaired) electrons. The minimum absolute atomic E-state index is 0.0223. The Balaban J connectivity index is 2.29. The zero-order valence-corrected chi connectivity index (χ0v) is 9.66. The van der Waals surface area contributed by atoms with Crippen LogP contribution >= 0.6 is 0 Å². The molecule has 0 aromatic carbocycles. The fraction of sp³-hybridized carbons (Fsp3) is 0.889. The smallest absolute Gasteiger partial charge is 0.317 e. The number of carboxylic acids is 1. The summed E-state index contributed by atoms with van der Waals surface area (Å²) in [7, 11) is -2.93. The summed E-state index contributed by atoms with van der Waals surface area (Å²) in [6.45, 7) is 0.582. The number of aliphatic carboxylic acids is 1. The maximum absolute atomic E-state index is 10.9. The van der Waals surface area contributed by atoms with Gasteiger partial charge in [-0.15, -0.1) is 0 Å². The Kier molecular flexibility index (Phi) is 4.10. The second kappa shape index (κ2) is 4.94. The average Bonchev–Trinajstić information content (AvgIpc) is 2.81. The SMILES string of the molecule is CS(=O)(=O)CCCN(CC(=O)O)C1CC1. The van der Waals surface area contributed by atoms with E-state index in [0.29, 0.717) is 19.0 Å². The van der Waals surface area contributed by atoms with E-state index >= 15 is 0 Å². The molecular formula is C9H17NO4S. The van der Waals surface area contributed by atoms with Crippen LogP contribution in [0.4, 0.5) is 0 Å². The molecule has 0 spiro atoms. The zero-order chi connectivity index (χ0) is 11.5. The van der Waals surface area contributed by atoms with Crippen LogP contribution in [0.5, 0.6) is 0 Å². The van der Waals surface area contributed by atoms with Gasteiger partial charge in [-0.3, -0.25) is 9.69 Å². The van der Waals surface area contributed by atoms with Gasteiger partial charge in [0.1, 0.15) is 9.84 Å². The highest BCUT2D eigenvalue weighted by Gasteiger charge is 2.29. The van der Waals surface area contributed by atoms with Gasteiger partial charge in [0.15, 0.2) is 0 Å². The lowest BCUT2D eigenvalue weighted by Crippen LogP contribution is -2.33. The number of sulfone groups is 1. The maximum Gasteiger partial charge on any atom is 0.317 e. The fourth-order valence-electron chi connectivity index (χ4n) is 1.53. The first-order valence-electron chi connectivity index (χ1n) is 5.02. The lowest BCUT2D eigenvalue weighted by molar-refractivity contribution is -0.138. The number of carboxylic acid groups (broad SMARTS) is 1. The van der Waals surface area contributed by atoms with Crippen molar-refractivity contribution in [3.63, 3.8) is 0 Å². The molecule has 0 heterocycles. The lowest BCUT2D eigenvalue weighted by atomic mass is 10.4. The van der Waals surface area contributed by atoms with E-state index in [4.69, 9.17) is 5.11 Å². The van der Waals surface area contributed by atoms with Crippen molar-refractivity contribution in [2.45, 2.75) is 25.3 Å². The number of hydrogen-bond acceptors (Lipinski definition) is 4. The Labute approximate surface area is 90.0 Å². The highest BCUT2D eigenvalue weighted by Crippen LogP contribution is 2.26. The van der Waals surface area contributed by atoms with Crippen LogP contribution in [-0.2, 0) is 14.6 Å². The van der Waals surface area contributed by atoms with Crippen molar-refractivity contribution >= 4 is 15.8 Å². The van der Waals surface area contributed by atoms with Gasteiger partial charge in [0, 0.05) is 12.3 Å². The van der Waals surface area contributed by atoms with Crippen LogP contribution in [-0.4, -0.2) is 55.5 Å². The lowest BCUT2D eigenvalue weighted by Gasteiger charge is -2.18. The van der Waals surface area contributed by atoms with Crippen LogP contribution < -0.4 is 0 Å². The molecule has 0 atom stereocenters. The first kappa shape index (κ1) is 12.4. The van der Waals surface area contributed by atoms with E-state index in [0.717, 1.165) is 12.8 Å². The van der Waals surface area contributed by atoms with Crippen molar-refractivity contribution in [1.82, 2.24) is 4.90 Å². The van der Waals surface area contributed by atoms with E-state index in [1.54, 1.807) is 0 Å². The van der Waals surface area contributed by atoms with E-state index in [-0.39, 0.29) is 12.3 Å². The predicted molar refractivity (Wildman–Crippen MR) is 56.6 cm³/mol. The zero-order valence-electron chi connectivity index (χ0n) is 8.85. The third kappa shape index (κ3) is 5.74. The first-order chi connectivity index (χ1) is 6.88. The number of rotatable bonds is 7. The minimum Gasteiger partial charge on any atom is -0.480 e. The number of carbonyl (C=O) groups is 1. The van der Waals surface area contributed by atoms with Crippen molar-refractivity contribution in [3.8, 4) is 0 Å². The molecule has 0 amide bonds. The van der Waals surface area contributed by atoms with Crippen LogP contribution in [0, 0.1) is 0 Å². The van der Waals surface area contributed by atoms with Crippen molar-refractivity contribution < 1.29 is 18.3 Å². The third-order valence-corrected chi connectivity index (χ3v) is 3.39. The molecule has 1 N–H and O–H groups in total. The Hall–Kier alpha value is -0.620. The molecule has 0 unspecified atom stereocenters. The largest absolute Gasteiger partial charge is 0.480 e. The van der Waals surface area contributed by atoms with Gasteiger partial charge in [-0.05, 0) is 25.8 Å². The van der Waals surface area contributed by atoms with Crippen LogP contribution in [0.2, 0.25) is 0 Å². The van der Waals surface area contributed by atoms with Crippen molar-refractivity contribution in [1.29, 1.82) is 0 Å². The van der Waals surface area contributed by atoms with Gasteiger partial charge in [0.25, 0.3) is 0 Å². The molecule has 1 aliphatic carbocycles. The van der Waals surface area contributed by atoms with Crippen molar-refractivity contribution in [2.75, 3.05) is 25.1 Å². The topological polar surface area (TPSA) is 74.7 Å². The second-order valence-electron chi connectivity index (χ2n) is 4.08. The van der Waals surface area contributed by atoms with Crippen LogP contribution in [0.1, 0.15) is 19.3 Å². The van der Waals surface area contributed by atoms with Crippen molar-refractivity contribution in [2.24, 2.45) is 0 Å². The molecule has 0 saturated heterocycles. The van der Waals surface area contributed by atoms with Crippen LogP contribution in [0.25, 0.3) is 0 Å². The summed E-state index contributed by atoms with van der Waals surface area (Å²) in [5.41, 5.74) is 0. The number of hydrogen-bond donors (Lipinski definition) is 1. The van der Waals surface area contributed by atoms with Crippen LogP contribution in [0.3, 0.4) is 0 Å². The Morgan fingerprint density at radius 2 is 2.07 bits per heavy atom. The summed E-state index contributed by atoms with van der Waals surface area (Å²) >= 11 is 0. The van der Waals surface area contributed by atoms with E-state index in [1.807, 2.05) is 4.90 Å². The molecule has 88 valence electrons. The molecule has 15 heavy (non-hydrogen) atoms. The maximum atomic E-state index is 10.9. The molecule has 1 rings (SSSR count). The highest BCUT2D eigenvalue weighted by atomic mass is 32.2. The molecule has 1 aliphatic rings. The van der Waals surface area contributed by atoms with Crippen LogP contribution in [0.15, 0.2) is 0 Å². The van der Waals surface area contributed by atoms with Gasteiger partial charge in [0.05, 0.1) is 12.3 Å². The number of nitrogens with zero attached hydrogens (tertiary/aromatic N) is 1. The molecule has 1 fully saturated rings. The van der Waals surface area contributed by atoms with Crippen molar-refractivity contribution in [3.05, 3.63) is 0 Å². The highest BCUT2D eigenvalue weighted by molar-refractivity contribution is 7.90. The minimum atomic E-state index is -2.93. The normalized spacial score (nSPS) is 16.9. The van der Waals surface area contributed by atoms with E-state index in [1.165, 1.54) is 6.26 Å². The summed E-state index contributed by atoms with van der Waals surface area (Å²) in [5.74, 6) is -0.711. The van der Waals surface area contributed by atoms with Gasteiger partial charge in [-0.1, -0.05) is 0 Å². The van der Waals surface area contributed by atoms with Gasteiger partial charge in [0.2, 0.25) is 0 Å². The molecule has 6 heteroatoms. The summed E-state index contributed by atoms with van der Waals surface area (Å²) in [4.78, 5) is 12.4. The molecule has 0 bridgehead atoms. The molecule has 0 aromatic heterocycles. The quantitative estimate of drug-likeness (QED) is 0.670. The van der Waals surface area contributed by atoms with Gasteiger partial charge in [-0.25, -0.2) is 8.42 Å². The second-order valence-corrected chi connectivity index (χ2v) is 6.34. The molecular weight excluding hydrogens is 218 g/mol.